The van der Waals surface area contributed by atoms with Crippen LogP contribution in [0.1, 0.15) is 51.3 Å². The van der Waals surface area contributed by atoms with Crippen molar-refractivity contribution in [3.63, 3.8) is 0 Å². The van der Waals surface area contributed by atoms with Crippen molar-refractivity contribution in [1.29, 1.82) is 0 Å². The summed E-state index contributed by atoms with van der Waals surface area (Å²) in [5, 5.41) is 0. The SMILES string of the molecule is CCC(C)C/C=C(/C)CCc1c(C)nc[nH]c1=O. The van der Waals surface area contributed by atoms with Gasteiger partial charge in [0.05, 0.1) is 6.33 Å². The van der Waals surface area contributed by atoms with Crippen molar-refractivity contribution in [2.45, 2.75) is 53.4 Å². The Morgan fingerprint density at radius 2 is 2.28 bits per heavy atom. The smallest absolute Gasteiger partial charge is 0.254 e. The van der Waals surface area contributed by atoms with Crippen molar-refractivity contribution in [3.8, 4) is 0 Å². The van der Waals surface area contributed by atoms with Gasteiger partial charge in [0, 0.05) is 11.3 Å². The minimum atomic E-state index is -0.00257. The third kappa shape index (κ3) is 4.47. The zero-order valence-electron chi connectivity index (χ0n) is 11.9. The van der Waals surface area contributed by atoms with E-state index in [9.17, 15) is 4.79 Å². The van der Waals surface area contributed by atoms with E-state index in [1.807, 2.05) is 6.92 Å². The summed E-state index contributed by atoms with van der Waals surface area (Å²) < 4.78 is 0. The van der Waals surface area contributed by atoms with Crippen LogP contribution in [-0.2, 0) is 6.42 Å². The van der Waals surface area contributed by atoms with Crippen molar-refractivity contribution >= 4 is 0 Å². The molecule has 100 valence electrons. The number of rotatable bonds is 6. The molecule has 1 aromatic rings. The number of aryl methyl sites for hydroxylation is 1. The average molecular weight is 248 g/mol. The predicted octanol–water partition coefficient (Wildman–Crippen LogP) is 3.39. The Hall–Kier alpha value is -1.38. The summed E-state index contributed by atoms with van der Waals surface area (Å²) in [7, 11) is 0. The molecule has 3 heteroatoms. The molecule has 0 bridgehead atoms. The van der Waals surface area contributed by atoms with Gasteiger partial charge in [-0.2, -0.15) is 0 Å². The highest BCUT2D eigenvalue weighted by molar-refractivity contribution is 5.16. The fourth-order valence-corrected chi connectivity index (χ4v) is 1.80. The van der Waals surface area contributed by atoms with Gasteiger partial charge in [0.25, 0.3) is 5.56 Å². The highest BCUT2D eigenvalue weighted by Gasteiger charge is 2.05. The molecular weight excluding hydrogens is 224 g/mol. The molecule has 0 aromatic carbocycles. The fourth-order valence-electron chi connectivity index (χ4n) is 1.80. The monoisotopic (exact) mass is 248 g/mol. The number of hydrogen-bond acceptors (Lipinski definition) is 2. The maximum Gasteiger partial charge on any atom is 0.254 e. The van der Waals surface area contributed by atoms with Crippen LogP contribution >= 0.6 is 0 Å². The van der Waals surface area contributed by atoms with E-state index < -0.39 is 0 Å². The summed E-state index contributed by atoms with van der Waals surface area (Å²) in [5.41, 5.74) is 3.01. The van der Waals surface area contributed by atoms with E-state index >= 15 is 0 Å². The number of aromatic amines is 1. The quantitative estimate of drug-likeness (QED) is 0.784. The van der Waals surface area contributed by atoms with Crippen LogP contribution in [0.5, 0.6) is 0 Å². The summed E-state index contributed by atoms with van der Waals surface area (Å²) in [4.78, 5) is 18.4. The zero-order valence-corrected chi connectivity index (χ0v) is 11.9. The zero-order chi connectivity index (χ0) is 13.5. The van der Waals surface area contributed by atoms with Crippen LogP contribution < -0.4 is 5.56 Å². The van der Waals surface area contributed by atoms with Crippen LogP contribution in [-0.4, -0.2) is 9.97 Å². The number of H-pyrrole nitrogens is 1. The summed E-state index contributed by atoms with van der Waals surface area (Å²) >= 11 is 0. The molecule has 1 rings (SSSR count). The molecule has 0 fully saturated rings. The van der Waals surface area contributed by atoms with Crippen LogP contribution in [0.2, 0.25) is 0 Å². The first-order valence-corrected chi connectivity index (χ1v) is 6.73. The minimum absolute atomic E-state index is 0.00257. The van der Waals surface area contributed by atoms with E-state index in [4.69, 9.17) is 0 Å². The van der Waals surface area contributed by atoms with Gasteiger partial charge < -0.3 is 4.98 Å². The van der Waals surface area contributed by atoms with E-state index in [-0.39, 0.29) is 5.56 Å². The molecule has 1 N–H and O–H groups in total. The number of nitrogens with zero attached hydrogens (tertiary/aromatic N) is 1. The van der Waals surface area contributed by atoms with E-state index in [1.165, 1.54) is 18.3 Å². The summed E-state index contributed by atoms with van der Waals surface area (Å²) in [6.07, 6.45) is 7.82. The van der Waals surface area contributed by atoms with Gasteiger partial charge in [0.2, 0.25) is 0 Å². The average Bonchev–Trinajstić information content (AvgIpc) is 2.35. The molecule has 1 heterocycles. The number of allylic oxidation sites excluding steroid dienone is 2. The molecule has 0 saturated heterocycles. The van der Waals surface area contributed by atoms with Crippen LogP contribution in [0.25, 0.3) is 0 Å². The topological polar surface area (TPSA) is 45.8 Å². The normalized spacial score (nSPS) is 13.7. The second kappa shape index (κ2) is 7.14. The van der Waals surface area contributed by atoms with E-state index in [0.717, 1.165) is 36.4 Å². The molecule has 0 aliphatic heterocycles. The maximum absolute atomic E-state index is 11.6. The highest BCUT2D eigenvalue weighted by atomic mass is 16.1. The maximum atomic E-state index is 11.6. The van der Waals surface area contributed by atoms with Crippen molar-refractivity contribution in [3.05, 3.63) is 39.6 Å². The highest BCUT2D eigenvalue weighted by Crippen LogP contribution is 2.13. The first kappa shape index (κ1) is 14.7. The van der Waals surface area contributed by atoms with Crippen molar-refractivity contribution in [1.82, 2.24) is 9.97 Å². The second-order valence-electron chi connectivity index (χ2n) is 5.10. The number of aromatic nitrogens is 2. The molecule has 1 aromatic heterocycles. The fraction of sp³-hybridized carbons (Fsp3) is 0.600. The van der Waals surface area contributed by atoms with Gasteiger partial charge in [-0.15, -0.1) is 0 Å². The van der Waals surface area contributed by atoms with E-state index in [0.29, 0.717) is 0 Å². The van der Waals surface area contributed by atoms with Gasteiger partial charge in [-0.3, -0.25) is 4.79 Å². The second-order valence-corrected chi connectivity index (χ2v) is 5.10. The van der Waals surface area contributed by atoms with Gasteiger partial charge in [0.1, 0.15) is 0 Å². The van der Waals surface area contributed by atoms with Gasteiger partial charge >= 0.3 is 0 Å². The van der Waals surface area contributed by atoms with Crippen LogP contribution in [0.3, 0.4) is 0 Å². The van der Waals surface area contributed by atoms with Crippen LogP contribution in [0, 0.1) is 12.8 Å². The molecule has 3 nitrogen and oxygen atoms in total. The third-order valence-electron chi connectivity index (χ3n) is 3.50. The standard InChI is InChI=1S/C15H24N2O/c1-5-11(2)6-7-12(3)8-9-14-13(4)16-10-17-15(14)18/h7,10-11H,5-6,8-9H2,1-4H3,(H,16,17,18)/b12-7-. The summed E-state index contributed by atoms with van der Waals surface area (Å²) in [6, 6.07) is 0. The van der Waals surface area contributed by atoms with E-state index in [1.54, 1.807) is 0 Å². The summed E-state index contributed by atoms with van der Waals surface area (Å²) in [6.45, 7) is 8.51. The first-order valence-electron chi connectivity index (χ1n) is 6.73. The first-order chi connectivity index (χ1) is 8.54. The lowest BCUT2D eigenvalue weighted by Crippen LogP contribution is -2.15. The third-order valence-corrected chi connectivity index (χ3v) is 3.50. The van der Waals surface area contributed by atoms with Crippen molar-refractivity contribution in [2.24, 2.45) is 5.92 Å². The number of hydrogen-bond donors (Lipinski definition) is 1. The lowest BCUT2D eigenvalue weighted by atomic mass is 10.0. The Bertz CT molecular complexity index is 460. The molecule has 0 spiro atoms. The largest absolute Gasteiger partial charge is 0.313 e. The van der Waals surface area contributed by atoms with Gasteiger partial charge in [-0.25, -0.2) is 4.98 Å². The van der Waals surface area contributed by atoms with Gasteiger partial charge in [0.15, 0.2) is 0 Å². The van der Waals surface area contributed by atoms with Gasteiger partial charge in [-0.05, 0) is 39.0 Å². The molecule has 0 saturated carbocycles. The predicted molar refractivity (Wildman–Crippen MR) is 75.7 cm³/mol. The van der Waals surface area contributed by atoms with Crippen LogP contribution in [0.15, 0.2) is 22.8 Å². The molecule has 0 radical (unpaired) electrons. The molecular formula is C15H24N2O. The Morgan fingerprint density at radius 1 is 1.56 bits per heavy atom. The van der Waals surface area contributed by atoms with Crippen molar-refractivity contribution in [2.75, 3.05) is 0 Å². The Kier molecular flexibility index (Phi) is 5.83. The Morgan fingerprint density at radius 3 is 2.89 bits per heavy atom. The molecule has 18 heavy (non-hydrogen) atoms. The van der Waals surface area contributed by atoms with Crippen LogP contribution in [0.4, 0.5) is 0 Å². The lowest BCUT2D eigenvalue weighted by molar-refractivity contribution is 0.569. The summed E-state index contributed by atoms with van der Waals surface area (Å²) in [5.74, 6) is 0.739. The molecule has 1 unspecified atom stereocenters. The Labute approximate surface area is 109 Å². The van der Waals surface area contributed by atoms with Gasteiger partial charge in [-0.1, -0.05) is 31.9 Å². The molecule has 1 atom stereocenters. The molecule has 0 amide bonds. The lowest BCUT2D eigenvalue weighted by Gasteiger charge is -2.07. The van der Waals surface area contributed by atoms with Crippen molar-refractivity contribution < 1.29 is 0 Å². The molecule has 0 aliphatic carbocycles. The minimum Gasteiger partial charge on any atom is -0.313 e. The Balaban J connectivity index is 2.57. The number of nitrogens with one attached hydrogen (secondary N) is 1. The molecule has 0 aliphatic rings. The van der Waals surface area contributed by atoms with E-state index in [2.05, 4.69) is 36.8 Å².